The maximum atomic E-state index is 12.6. The van der Waals surface area contributed by atoms with E-state index in [1.54, 1.807) is 6.07 Å². The molecule has 0 saturated heterocycles. The minimum Gasteiger partial charge on any atom is -0.338 e. The number of rotatable bonds is 4. The van der Waals surface area contributed by atoms with Crippen LogP contribution in [0.25, 0.3) is 22.4 Å². The molecule has 3 aromatic carbocycles. The van der Waals surface area contributed by atoms with Crippen LogP contribution in [0.3, 0.4) is 0 Å². The van der Waals surface area contributed by atoms with E-state index < -0.39 is 0 Å². The maximum absolute atomic E-state index is 12.6. The highest BCUT2D eigenvalue weighted by Crippen LogP contribution is 2.29. The molecule has 0 aliphatic carbocycles. The van der Waals surface area contributed by atoms with E-state index in [1.807, 2.05) is 60.7 Å². The molecule has 0 radical (unpaired) electrons. The van der Waals surface area contributed by atoms with Crippen LogP contribution in [0, 0.1) is 0 Å². The Bertz CT molecular complexity index is 1110. The molecule has 4 aromatic rings. The Hall–Kier alpha value is -3.11. The molecule has 0 aliphatic heterocycles. The van der Waals surface area contributed by atoms with Crippen LogP contribution >= 0.6 is 11.6 Å². The Morgan fingerprint density at radius 2 is 1.79 bits per heavy atom. The van der Waals surface area contributed by atoms with E-state index in [-0.39, 0.29) is 5.91 Å². The van der Waals surface area contributed by atoms with Gasteiger partial charge in [-0.2, -0.15) is 0 Å². The average molecular weight is 390 g/mol. The number of halogens is 1. The zero-order valence-corrected chi connectivity index (χ0v) is 16.4. The van der Waals surface area contributed by atoms with E-state index >= 15 is 0 Å². The number of nitrogens with zero attached hydrogens (tertiary/aromatic N) is 1. The minimum atomic E-state index is -0.195. The number of imidazole rings is 1. The molecule has 0 atom stereocenters. The number of hydrogen-bond donors (Lipinski definition) is 2. The van der Waals surface area contributed by atoms with Crippen molar-refractivity contribution in [1.82, 2.24) is 9.97 Å². The van der Waals surface area contributed by atoms with Crippen molar-refractivity contribution in [3.63, 3.8) is 0 Å². The fourth-order valence-corrected chi connectivity index (χ4v) is 3.24. The predicted octanol–water partition coefficient (Wildman–Crippen LogP) is 6.26. The number of anilines is 1. The predicted molar refractivity (Wildman–Crippen MR) is 115 cm³/mol. The topological polar surface area (TPSA) is 57.8 Å². The van der Waals surface area contributed by atoms with Crippen LogP contribution < -0.4 is 5.32 Å². The van der Waals surface area contributed by atoms with Crippen molar-refractivity contribution < 1.29 is 4.79 Å². The summed E-state index contributed by atoms with van der Waals surface area (Å²) in [6, 6.07) is 20.9. The summed E-state index contributed by atoms with van der Waals surface area (Å²) in [6.07, 6.45) is 0. The summed E-state index contributed by atoms with van der Waals surface area (Å²) in [6.45, 7) is 4.25. The lowest BCUT2D eigenvalue weighted by molar-refractivity contribution is 0.102. The first-order valence-electron chi connectivity index (χ1n) is 9.17. The van der Waals surface area contributed by atoms with Crippen molar-refractivity contribution >= 4 is 34.2 Å². The van der Waals surface area contributed by atoms with Crippen LogP contribution in [0.1, 0.15) is 35.7 Å². The van der Waals surface area contributed by atoms with Gasteiger partial charge in [0.15, 0.2) is 0 Å². The average Bonchev–Trinajstić information content (AvgIpc) is 3.14. The quantitative estimate of drug-likeness (QED) is 0.432. The molecule has 0 spiro atoms. The molecule has 0 aliphatic rings. The first-order chi connectivity index (χ1) is 13.5. The number of amides is 1. The fourth-order valence-electron chi connectivity index (χ4n) is 3.07. The number of benzene rings is 3. The summed E-state index contributed by atoms with van der Waals surface area (Å²) in [5, 5.41) is 3.39. The zero-order chi connectivity index (χ0) is 19.7. The normalized spacial score (nSPS) is 11.1. The molecule has 28 heavy (non-hydrogen) atoms. The van der Waals surface area contributed by atoms with Gasteiger partial charge in [0.2, 0.25) is 0 Å². The summed E-state index contributed by atoms with van der Waals surface area (Å²) in [4.78, 5) is 20.5. The highest BCUT2D eigenvalue weighted by atomic mass is 35.5. The Morgan fingerprint density at radius 1 is 1.04 bits per heavy atom. The number of aromatic amines is 1. The first kappa shape index (κ1) is 18.3. The van der Waals surface area contributed by atoms with Crippen LogP contribution in [0.4, 0.5) is 5.69 Å². The van der Waals surface area contributed by atoms with Gasteiger partial charge in [-0.3, -0.25) is 4.79 Å². The second-order valence-electron chi connectivity index (χ2n) is 7.03. The number of hydrogen-bond acceptors (Lipinski definition) is 2. The second kappa shape index (κ2) is 7.49. The third kappa shape index (κ3) is 3.64. The summed E-state index contributed by atoms with van der Waals surface area (Å²) in [5.74, 6) is 0.959. The number of H-pyrrole nitrogens is 1. The number of carbonyl (C=O) groups excluding carboxylic acids is 1. The van der Waals surface area contributed by atoms with E-state index in [9.17, 15) is 4.79 Å². The lowest BCUT2D eigenvalue weighted by atomic mass is 10.0. The van der Waals surface area contributed by atoms with Gasteiger partial charge in [-0.1, -0.05) is 49.7 Å². The minimum absolute atomic E-state index is 0.195. The van der Waals surface area contributed by atoms with E-state index in [2.05, 4.69) is 29.1 Å². The van der Waals surface area contributed by atoms with Gasteiger partial charge >= 0.3 is 0 Å². The van der Waals surface area contributed by atoms with Gasteiger partial charge < -0.3 is 10.3 Å². The molecule has 2 N–H and O–H groups in total. The Balaban J connectivity index is 1.61. The third-order valence-electron chi connectivity index (χ3n) is 4.72. The highest BCUT2D eigenvalue weighted by Gasteiger charge is 2.12. The van der Waals surface area contributed by atoms with Gasteiger partial charge in [-0.15, -0.1) is 0 Å². The number of para-hydroxylation sites is 2. The summed E-state index contributed by atoms with van der Waals surface area (Å²) in [5.41, 5.74) is 5.05. The second-order valence-corrected chi connectivity index (χ2v) is 7.44. The molecule has 0 unspecified atom stereocenters. The number of nitrogens with one attached hydrogen (secondary N) is 2. The Labute approximate surface area is 168 Å². The number of carbonyl (C=O) groups is 1. The van der Waals surface area contributed by atoms with Gasteiger partial charge in [0.1, 0.15) is 5.82 Å². The lowest BCUT2D eigenvalue weighted by Crippen LogP contribution is -2.12. The maximum Gasteiger partial charge on any atom is 0.255 e. The molecule has 5 heteroatoms. The molecule has 0 fully saturated rings. The molecule has 0 saturated carbocycles. The summed E-state index contributed by atoms with van der Waals surface area (Å²) < 4.78 is 0. The van der Waals surface area contributed by atoms with Gasteiger partial charge in [0, 0.05) is 11.1 Å². The van der Waals surface area contributed by atoms with E-state index in [4.69, 9.17) is 11.6 Å². The molecule has 140 valence electrons. The molecule has 1 heterocycles. The largest absolute Gasteiger partial charge is 0.338 e. The molecule has 4 nitrogen and oxygen atoms in total. The zero-order valence-electron chi connectivity index (χ0n) is 15.7. The van der Waals surface area contributed by atoms with Gasteiger partial charge in [-0.05, 0) is 53.9 Å². The van der Waals surface area contributed by atoms with Crippen LogP contribution in [0.2, 0.25) is 5.02 Å². The Morgan fingerprint density at radius 3 is 2.50 bits per heavy atom. The Kier molecular flexibility index (Phi) is 4.88. The SMILES string of the molecule is CC(C)c1ccc(C(=O)Nc2cc(-c3nc4ccccc4[nH]3)ccc2Cl)cc1. The van der Waals surface area contributed by atoms with Crippen molar-refractivity contribution in [3.8, 4) is 11.4 Å². The molecular formula is C23H20ClN3O. The molecular weight excluding hydrogens is 370 g/mol. The van der Waals surface area contributed by atoms with Gasteiger partial charge in [0.05, 0.1) is 21.7 Å². The number of fused-ring (bicyclic) bond motifs is 1. The lowest BCUT2D eigenvalue weighted by Gasteiger charge is -2.10. The van der Waals surface area contributed by atoms with Gasteiger partial charge in [-0.25, -0.2) is 4.98 Å². The molecule has 4 rings (SSSR count). The van der Waals surface area contributed by atoms with Gasteiger partial charge in [0.25, 0.3) is 5.91 Å². The number of aromatic nitrogens is 2. The van der Waals surface area contributed by atoms with Crippen molar-refractivity contribution in [3.05, 3.63) is 82.9 Å². The van der Waals surface area contributed by atoms with Crippen molar-refractivity contribution in [2.45, 2.75) is 19.8 Å². The van der Waals surface area contributed by atoms with E-state index in [0.29, 0.717) is 22.2 Å². The smallest absolute Gasteiger partial charge is 0.255 e. The van der Waals surface area contributed by atoms with E-state index in [0.717, 1.165) is 22.4 Å². The summed E-state index contributed by atoms with van der Waals surface area (Å²) >= 11 is 6.32. The first-order valence-corrected chi connectivity index (χ1v) is 9.55. The van der Waals surface area contributed by atoms with Crippen LogP contribution in [-0.4, -0.2) is 15.9 Å². The standard InChI is InChI=1S/C23H20ClN3O/c1-14(2)15-7-9-16(10-8-15)23(28)27-21-13-17(11-12-18(21)24)22-25-19-5-3-4-6-20(19)26-22/h3-14H,1-2H3,(H,25,26)(H,27,28). The molecule has 1 amide bonds. The molecule has 0 bridgehead atoms. The highest BCUT2D eigenvalue weighted by molar-refractivity contribution is 6.34. The van der Waals surface area contributed by atoms with Crippen LogP contribution in [0.15, 0.2) is 66.7 Å². The van der Waals surface area contributed by atoms with Crippen LogP contribution in [-0.2, 0) is 0 Å². The fraction of sp³-hybridized carbons (Fsp3) is 0.130. The van der Waals surface area contributed by atoms with Crippen molar-refractivity contribution in [2.75, 3.05) is 5.32 Å². The van der Waals surface area contributed by atoms with Crippen molar-refractivity contribution in [2.24, 2.45) is 0 Å². The van der Waals surface area contributed by atoms with Crippen LogP contribution in [0.5, 0.6) is 0 Å². The third-order valence-corrected chi connectivity index (χ3v) is 5.05. The van der Waals surface area contributed by atoms with Crippen molar-refractivity contribution in [1.29, 1.82) is 0 Å². The molecule has 1 aromatic heterocycles. The summed E-state index contributed by atoms with van der Waals surface area (Å²) in [7, 11) is 0. The monoisotopic (exact) mass is 389 g/mol. The van der Waals surface area contributed by atoms with E-state index in [1.165, 1.54) is 5.56 Å².